The fraction of sp³-hybridized carbons (Fsp3) is 0.333. The van der Waals surface area contributed by atoms with Gasteiger partial charge in [0.2, 0.25) is 11.9 Å². The number of H-pyrrole nitrogens is 1. The van der Waals surface area contributed by atoms with Gasteiger partial charge in [0.25, 0.3) is 0 Å². The second-order valence-electron chi connectivity index (χ2n) is 5.69. The lowest BCUT2D eigenvalue weighted by molar-refractivity contribution is -0.117. The summed E-state index contributed by atoms with van der Waals surface area (Å²) in [5, 5.41) is 18.1. The SMILES string of the molecule is Cc1ccn2c(NC(=O)[C@H]3CCCc4[nH]ncc43)nnc2c1. The summed E-state index contributed by atoms with van der Waals surface area (Å²) < 4.78 is 1.78. The molecule has 0 radical (unpaired) electrons. The number of hydrogen-bond acceptors (Lipinski definition) is 4. The van der Waals surface area contributed by atoms with E-state index in [4.69, 9.17) is 0 Å². The highest BCUT2D eigenvalue weighted by atomic mass is 16.2. The summed E-state index contributed by atoms with van der Waals surface area (Å²) in [5.74, 6) is 0.216. The first-order valence-electron chi connectivity index (χ1n) is 7.37. The number of anilines is 1. The van der Waals surface area contributed by atoms with E-state index in [0.717, 1.165) is 41.7 Å². The van der Waals surface area contributed by atoms with Crippen molar-refractivity contribution in [2.75, 3.05) is 5.32 Å². The quantitative estimate of drug-likeness (QED) is 0.755. The van der Waals surface area contributed by atoms with Crippen LogP contribution in [-0.2, 0) is 11.2 Å². The number of nitrogens with zero attached hydrogens (tertiary/aromatic N) is 4. The Morgan fingerprint density at radius 2 is 2.36 bits per heavy atom. The smallest absolute Gasteiger partial charge is 0.235 e. The third-order valence-electron chi connectivity index (χ3n) is 4.16. The van der Waals surface area contributed by atoms with Gasteiger partial charge in [-0.25, -0.2) is 0 Å². The average molecular weight is 296 g/mol. The van der Waals surface area contributed by atoms with Gasteiger partial charge in [-0.1, -0.05) is 0 Å². The molecule has 22 heavy (non-hydrogen) atoms. The van der Waals surface area contributed by atoms with Crippen LogP contribution < -0.4 is 5.32 Å². The zero-order valence-corrected chi connectivity index (χ0v) is 12.2. The van der Waals surface area contributed by atoms with Crippen molar-refractivity contribution in [2.45, 2.75) is 32.1 Å². The Morgan fingerprint density at radius 3 is 3.27 bits per heavy atom. The topological polar surface area (TPSA) is 88.0 Å². The van der Waals surface area contributed by atoms with Crippen LogP contribution in [0.15, 0.2) is 24.5 Å². The Balaban J connectivity index is 1.62. The number of amides is 1. The molecule has 3 heterocycles. The maximum atomic E-state index is 12.6. The number of rotatable bonds is 2. The van der Waals surface area contributed by atoms with Gasteiger partial charge >= 0.3 is 0 Å². The minimum atomic E-state index is -0.180. The van der Waals surface area contributed by atoms with Crippen LogP contribution in [0.5, 0.6) is 0 Å². The van der Waals surface area contributed by atoms with Crippen LogP contribution in [-0.4, -0.2) is 30.7 Å². The van der Waals surface area contributed by atoms with Gasteiger partial charge in [-0.05, 0) is 43.9 Å². The van der Waals surface area contributed by atoms with E-state index in [9.17, 15) is 4.79 Å². The van der Waals surface area contributed by atoms with E-state index < -0.39 is 0 Å². The Bertz CT molecular complexity index is 849. The van der Waals surface area contributed by atoms with E-state index in [-0.39, 0.29) is 11.8 Å². The van der Waals surface area contributed by atoms with Crippen molar-refractivity contribution in [3.8, 4) is 0 Å². The molecule has 0 saturated carbocycles. The lowest BCUT2D eigenvalue weighted by Gasteiger charge is -2.20. The van der Waals surface area contributed by atoms with Crippen LogP contribution in [0.25, 0.3) is 5.65 Å². The summed E-state index contributed by atoms with van der Waals surface area (Å²) in [7, 11) is 0. The molecular formula is C15H16N6O. The molecule has 1 atom stereocenters. The number of hydrogen-bond donors (Lipinski definition) is 2. The van der Waals surface area contributed by atoms with Crippen LogP contribution in [0.3, 0.4) is 0 Å². The molecule has 1 aliphatic carbocycles. The number of fused-ring (bicyclic) bond motifs is 2. The van der Waals surface area contributed by atoms with Crippen molar-refractivity contribution in [2.24, 2.45) is 0 Å². The van der Waals surface area contributed by atoms with Crippen molar-refractivity contribution in [3.05, 3.63) is 41.3 Å². The maximum absolute atomic E-state index is 12.6. The second kappa shape index (κ2) is 4.94. The minimum absolute atomic E-state index is 0.0581. The van der Waals surface area contributed by atoms with Gasteiger partial charge in [-0.15, -0.1) is 10.2 Å². The van der Waals surface area contributed by atoms with Crippen LogP contribution in [0.1, 0.15) is 35.6 Å². The number of aryl methyl sites for hydroxylation is 2. The van der Waals surface area contributed by atoms with Crippen molar-refractivity contribution in [3.63, 3.8) is 0 Å². The largest absolute Gasteiger partial charge is 0.294 e. The number of carbonyl (C=O) groups is 1. The molecule has 7 nitrogen and oxygen atoms in total. The van der Waals surface area contributed by atoms with Crippen LogP contribution >= 0.6 is 0 Å². The molecule has 3 aromatic rings. The van der Waals surface area contributed by atoms with Gasteiger partial charge in [-0.2, -0.15) is 5.10 Å². The van der Waals surface area contributed by atoms with Crippen LogP contribution in [0, 0.1) is 6.92 Å². The second-order valence-corrected chi connectivity index (χ2v) is 5.69. The van der Waals surface area contributed by atoms with Crippen LogP contribution in [0.4, 0.5) is 5.95 Å². The molecule has 112 valence electrons. The molecule has 1 aliphatic rings. The molecule has 4 rings (SSSR count). The van der Waals surface area contributed by atoms with E-state index in [0.29, 0.717) is 5.95 Å². The van der Waals surface area contributed by atoms with Gasteiger partial charge in [0, 0.05) is 17.5 Å². The van der Waals surface area contributed by atoms with E-state index >= 15 is 0 Å². The Hall–Kier alpha value is -2.70. The summed E-state index contributed by atoms with van der Waals surface area (Å²) in [4.78, 5) is 12.6. The van der Waals surface area contributed by atoms with Crippen molar-refractivity contribution in [1.82, 2.24) is 24.8 Å². The molecule has 0 aliphatic heterocycles. The molecule has 2 N–H and O–H groups in total. The van der Waals surface area contributed by atoms with E-state index in [1.54, 1.807) is 10.6 Å². The number of aromatic nitrogens is 5. The van der Waals surface area contributed by atoms with E-state index in [1.807, 2.05) is 25.3 Å². The first kappa shape index (κ1) is 13.0. The minimum Gasteiger partial charge on any atom is -0.294 e. The summed E-state index contributed by atoms with van der Waals surface area (Å²) in [5.41, 5.74) is 3.89. The molecule has 1 amide bonds. The number of carbonyl (C=O) groups excluding carboxylic acids is 1. The lowest BCUT2D eigenvalue weighted by atomic mass is 9.86. The third kappa shape index (κ3) is 2.05. The first-order valence-corrected chi connectivity index (χ1v) is 7.37. The molecule has 0 spiro atoms. The standard InChI is InChI=1S/C15H16N6O/c1-9-5-6-21-13(7-9)19-20-15(21)17-14(22)10-3-2-4-12-11(10)8-16-18-12/h5-8,10H,2-4H2,1H3,(H,16,18)(H,17,20,22)/t10-/m0/s1. The molecular weight excluding hydrogens is 280 g/mol. The van der Waals surface area contributed by atoms with E-state index in [2.05, 4.69) is 25.7 Å². The Kier molecular flexibility index (Phi) is 2.92. The third-order valence-corrected chi connectivity index (χ3v) is 4.16. The van der Waals surface area contributed by atoms with Gasteiger partial charge < -0.3 is 0 Å². The molecule has 3 aromatic heterocycles. The fourth-order valence-electron chi connectivity index (χ4n) is 3.01. The zero-order valence-electron chi connectivity index (χ0n) is 12.2. The summed E-state index contributed by atoms with van der Waals surface area (Å²) in [6, 6.07) is 3.89. The van der Waals surface area contributed by atoms with Gasteiger partial charge in [-0.3, -0.25) is 19.6 Å². The molecule has 7 heteroatoms. The van der Waals surface area contributed by atoms with Crippen molar-refractivity contribution < 1.29 is 4.79 Å². The fourth-order valence-corrected chi connectivity index (χ4v) is 3.01. The van der Waals surface area contributed by atoms with Gasteiger partial charge in [0.05, 0.1) is 12.1 Å². The summed E-state index contributed by atoms with van der Waals surface area (Å²) in [6.07, 6.45) is 6.38. The molecule has 0 bridgehead atoms. The highest BCUT2D eigenvalue weighted by molar-refractivity contribution is 5.95. The number of aromatic amines is 1. The molecule has 0 fully saturated rings. The highest BCUT2D eigenvalue weighted by Gasteiger charge is 2.28. The highest BCUT2D eigenvalue weighted by Crippen LogP contribution is 2.31. The predicted octanol–water partition coefficient (Wildman–Crippen LogP) is 1.82. The number of nitrogens with one attached hydrogen (secondary N) is 2. The van der Waals surface area contributed by atoms with E-state index in [1.165, 1.54) is 0 Å². The van der Waals surface area contributed by atoms with Crippen molar-refractivity contribution >= 4 is 17.5 Å². The molecule has 0 aromatic carbocycles. The van der Waals surface area contributed by atoms with Crippen LogP contribution in [0.2, 0.25) is 0 Å². The van der Waals surface area contributed by atoms with Gasteiger partial charge in [0.15, 0.2) is 5.65 Å². The Morgan fingerprint density at radius 1 is 1.45 bits per heavy atom. The number of pyridine rings is 1. The monoisotopic (exact) mass is 296 g/mol. The molecule has 0 saturated heterocycles. The molecule has 0 unspecified atom stereocenters. The average Bonchev–Trinajstić information content (AvgIpc) is 3.13. The Labute approximate surface area is 126 Å². The lowest BCUT2D eigenvalue weighted by Crippen LogP contribution is -2.25. The normalized spacial score (nSPS) is 17.4. The zero-order chi connectivity index (χ0) is 15.1. The summed E-state index contributed by atoms with van der Waals surface area (Å²) >= 11 is 0. The maximum Gasteiger partial charge on any atom is 0.235 e. The van der Waals surface area contributed by atoms with Gasteiger partial charge in [0.1, 0.15) is 0 Å². The summed E-state index contributed by atoms with van der Waals surface area (Å²) in [6.45, 7) is 2.00. The predicted molar refractivity (Wildman–Crippen MR) is 80.6 cm³/mol. The van der Waals surface area contributed by atoms with Crippen molar-refractivity contribution in [1.29, 1.82) is 0 Å². The first-order chi connectivity index (χ1) is 10.7.